The summed E-state index contributed by atoms with van der Waals surface area (Å²) in [5.41, 5.74) is 3.04. The highest BCUT2D eigenvalue weighted by atomic mass is 32.1. The Morgan fingerprint density at radius 2 is 1.94 bits per heavy atom. The first-order valence-electron chi connectivity index (χ1n) is 6.33. The Labute approximate surface area is 102 Å². The van der Waals surface area contributed by atoms with Crippen molar-refractivity contribution in [1.29, 1.82) is 0 Å². The Hall–Kier alpha value is -0.380. The van der Waals surface area contributed by atoms with Crippen LogP contribution in [0.4, 0.5) is 0 Å². The lowest BCUT2D eigenvalue weighted by Crippen LogP contribution is -2.32. The van der Waals surface area contributed by atoms with Gasteiger partial charge in [-0.15, -0.1) is 11.3 Å². The maximum Gasteiger partial charge on any atom is 0.0581 e. The quantitative estimate of drug-likeness (QED) is 0.480. The van der Waals surface area contributed by atoms with Gasteiger partial charge in [0.25, 0.3) is 0 Å². The summed E-state index contributed by atoms with van der Waals surface area (Å²) in [5.74, 6) is 6.48. The number of nitrogens with two attached hydrogens (primary N) is 1. The number of aryl methyl sites for hydroxylation is 1. The molecule has 2 nitrogen and oxygen atoms in total. The molecule has 0 aromatic carbocycles. The lowest BCUT2D eigenvalue weighted by Gasteiger charge is -2.24. The first-order chi connectivity index (χ1) is 7.81. The minimum absolute atomic E-state index is 0.372. The Balaban J connectivity index is 2.08. The van der Waals surface area contributed by atoms with Crippen LogP contribution in [0.5, 0.6) is 0 Å². The van der Waals surface area contributed by atoms with Gasteiger partial charge >= 0.3 is 0 Å². The minimum Gasteiger partial charge on any atom is -0.271 e. The van der Waals surface area contributed by atoms with Crippen molar-refractivity contribution in [3.8, 4) is 0 Å². The Bertz CT molecular complexity index is 313. The molecule has 1 aliphatic rings. The lowest BCUT2D eigenvalue weighted by atomic mass is 9.91. The molecule has 1 fully saturated rings. The van der Waals surface area contributed by atoms with E-state index in [-0.39, 0.29) is 0 Å². The van der Waals surface area contributed by atoms with Gasteiger partial charge < -0.3 is 0 Å². The van der Waals surface area contributed by atoms with Gasteiger partial charge in [-0.2, -0.15) is 0 Å². The second-order valence-electron chi connectivity index (χ2n) is 4.84. The van der Waals surface area contributed by atoms with Crippen molar-refractivity contribution in [3.63, 3.8) is 0 Å². The zero-order valence-corrected chi connectivity index (χ0v) is 10.9. The molecule has 3 N–H and O–H groups in total. The van der Waals surface area contributed by atoms with E-state index in [1.807, 2.05) is 11.3 Å². The summed E-state index contributed by atoms with van der Waals surface area (Å²) in [7, 11) is 0. The molecule has 1 heterocycles. The van der Waals surface area contributed by atoms with E-state index >= 15 is 0 Å². The van der Waals surface area contributed by atoms with E-state index in [1.165, 1.54) is 48.3 Å². The zero-order chi connectivity index (χ0) is 11.4. The SMILES string of the molecule is Cc1ccc(C(NN)C2CCCCCC2)s1. The molecule has 0 saturated heterocycles. The molecule has 16 heavy (non-hydrogen) atoms. The molecule has 90 valence electrons. The fourth-order valence-corrected chi connectivity index (χ4v) is 3.75. The maximum absolute atomic E-state index is 5.75. The Morgan fingerprint density at radius 1 is 1.25 bits per heavy atom. The summed E-state index contributed by atoms with van der Waals surface area (Å²) in [6.07, 6.45) is 8.19. The molecule has 1 saturated carbocycles. The van der Waals surface area contributed by atoms with Gasteiger partial charge in [0.1, 0.15) is 0 Å². The van der Waals surface area contributed by atoms with E-state index in [4.69, 9.17) is 5.84 Å². The van der Waals surface area contributed by atoms with Gasteiger partial charge in [-0.3, -0.25) is 11.3 Å². The predicted molar refractivity (Wildman–Crippen MR) is 70.3 cm³/mol. The number of hydrogen-bond acceptors (Lipinski definition) is 3. The van der Waals surface area contributed by atoms with E-state index in [9.17, 15) is 0 Å². The van der Waals surface area contributed by atoms with E-state index < -0.39 is 0 Å². The van der Waals surface area contributed by atoms with Crippen LogP contribution in [0.2, 0.25) is 0 Å². The van der Waals surface area contributed by atoms with E-state index in [1.54, 1.807) is 0 Å². The van der Waals surface area contributed by atoms with Crippen LogP contribution in [0.1, 0.15) is 54.3 Å². The molecule has 0 amide bonds. The molecule has 0 bridgehead atoms. The lowest BCUT2D eigenvalue weighted by molar-refractivity contribution is 0.333. The van der Waals surface area contributed by atoms with Crippen molar-refractivity contribution in [3.05, 3.63) is 21.9 Å². The molecule has 1 aromatic heterocycles. The van der Waals surface area contributed by atoms with Gasteiger partial charge in [0.15, 0.2) is 0 Å². The van der Waals surface area contributed by atoms with Gasteiger partial charge in [0.05, 0.1) is 6.04 Å². The molecule has 1 aliphatic carbocycles. The smallest absolute Gasteiger partial charge is 0.0581 e. The average molecular weight is 238 g/mol. The largest absolute Gasteiger partial charge is 0.271 e. The van der Waals surface area contributed by atoms with E-state index in [0.29, 0.717) is 6.04 Å². The topological polar surface area (TPSA) is 38.0 Å². The van der Waals surface area contributed by atoms with Crippen LogP contribution in [0.3, 0.4) is 0 Å². The van der Waals surface area contributed by atoms with Gasteiger partial charge in [0.2, 0.25) is 0 Å². The second-order valence-corrected chi connectivity index (χ2v) is 6.16. The third-order valence-corrected chi connectivity index (χ3v) is 4.70. The fraction of sp³-hybridized carbons (Fsp3) is 0.692. The highest BCUT2D eigenvalue weighted by molar-refractivity contribution is 7.12. The van der Waals surface area contributed by atoms with Crippen LogP contribution in [0, 0.1) is 12.8 Å². The van der Waals surface area contributed by atoms with Gasteiger partial charge in [-0.1, -0.05) is 25.7 Å². The molecule has 1 aromatic rings. The van der Waals surface area contributed by atoms with Crippen LogP contribution in [0.25, 0.3) is 0 Å². The van der Waals surface area contributed by atoms with Crippen LogP contribution < -0.4 is 11.3 Å². The normalized spacial score (nSPS) is 20.6. The predicted octanol–water partition coefficient (Wildman–Crippen LogP) is 3.53. The minimum atomic E-state index is 0.372. The van der Waals surface area contributed by atoms with Crippen LogP contribution in [-0.2, 0) is 0 Å². The van der Waals surface area contributed by atoms with Crippen LogP contribution in [-0.4, -0.2) is 0 Å². The molecule has 0 spiro atoms. The summed E-state index contributed by atoms with van der Waals surface area (Å²) in [6, 6.07) is 4.80. The summed E-state index contributed by atoms with van der Waals surface area (Å²) < 4.78 is 0. The molecule has 0 radical (unpaired) electrons. The third kappa shape index (κ3) is 2.84. The van der Waals surface area contributed by atoms with Crippen molar-refractivity contribution in [1.82, 2.24) is 5.43 Å². The molecule has 0 aliphatic heterocycles. The monoisotopic (exact) mass is 238 g/mol. The first-order valence-corrected chi connectivity index (χ1v) is 7.15. The molecule has 1 unspecified atom stereocenters. The van der Waals surface area contributed by atoms with E-state index in [2.05, 4.69) is 24.5 Å². The number of thiophene rings is 1. The van der Waals surface area contributed by atoms with Crippen LogP contribution in [0.15, 0.2) is 12.1 Å². The van der Waals surface area contributed by atoms with Crippen LogP contribution >= 0.6 is 11.3 Å². The van der Waals surface area contributed by atoms with Gasteiger partial charge in [-0.05, 0) is 37.8 Å². The summed E-state index contributed by atoms with van der Waals surface area (Å²) in [5, 5.41) is 0. The second kappa shape index (κ2) is 5.80. The standard InChI is InChI=1S/C13H22N2S/c1-10-8-9-12(16-10)13(15-14)11-6-4-2-3-5-7-11/h8-9,11,13,15H,2-7,14H2,1H3. The van der Waals surface area contributed by atoms with Crippen molar-refractivity contribution >= 4 is 11.3 Å². The Kier molecular flexibility index (Phi) is 4.38. The van der Waals surface area contributed by atoms with Crippen molar-refractivity contribution in [2.75, 3.05) is 0 Å². The zero-order valence-electron chi connectivity index (χ0n) is 10.0. The van der Waals surface area contributed by atoms with Gasteiger partial charge in [-0.25, -0.2) is 0 Å². The number of hydrazine groups is 1. The maximum atomic E-state index is 5.75. The summed E-state index contributed by atoms with van der Waals surface area (Å²) in [4.78, 5) is 2.79. The Morgan fingerprint density at radius 3 is 2.44 bits per heavy atom. The average Bonchev–Trinajstić information content (AvgIpc) is 2.55. The highest BCUT2D eigenvalue weighted by Crippen LogP contribution is 2.35. The molecule has 1 atom stereocenters. The fourth-order valence-electron chi connectivity index (χ4n) is 2.72. The van der Waals surface area contributed by atoms with Crippen molar-refractivity contribution in [2.45, 2.75) is 51.5 Å². The molecular weight excluding hydrogens is 216 g/mol. The third-order valence-electron chi connectivity index (χ3n) is 3.62. The summed E-state index contributed by atoms with van der Waals surface area (Å²) >= 11 is 1.88. The number of nitrogens with one attached hydrogen (secondary N) is 1. The first kappa shape index (κ1) is 12.1. The summed E-state index contributed by atoms with van der Waals surface area (Å²) in [6.45, 7) is 2.16. The highest BCUT2D eigenvalue weighted by Gasteiger charge is 2.24. The van der Waals surface area contributed by atoms with E-state index in [0.717, 1.165) is 5.92 Å². The van der Waals surface area contributed by atoms with Crippen molar-refractivity contribution < 1.29 is 0 Å². The molecule has 2 rings (SSSR count). The van der Waals surface area contributed by atoms with Crippen molar-refractivity contribution in [2.24, 2.45) is 11.8 Å². The molecular formula is C13H22N2S. The molecule has 3 heteroatoms. The number of hydrogen-bond donors (Lipinski definition) is 2. The van der Waals surface area contributed by atoms with Gasteiger partial charge in [0, 0.05) is 9.75 Å². The number of rotatable bonds is 3.